The molecule has 1 N–H and O–H groups in total. The highest BCUT2D eigenvalue weighted by molar-refractivity contribution is 7.15. The molecule has 1 heterocycles. The second-order valence-electron chi connectivity index (χ2n) is 4.52. The first-order chi connectivity index (χ1) is 9.86. The minimum atomic E-state index is -4.46. The van der Waals surface area contributed by atoms with Crippen molar-refractivity contribution in [3.05, 3.63) is 34.3 Å². The maximum atomic E-state index is 13.0. The maximum absolute atomic E-state index is 13.0. The smallest absolute Gasteiger partial charge is 0.434 e. The van der Waals surface area contributed by atoms with Crippen molar-refractivity contribution in [2.24, 2.45) is 0 Å². The van der Waals surface area contributed by atoms with E-state index in [-0.39, 0.29) is 11.4 Å². The average molecular weight is 316 g/mol. The Hall–Kier alpha value is -1.60. The summed E-state index contributed by atoms with van der Waals surface area (Å²) in [6.45, 7) is 2.02. The number of nitrogens with zero attached hydrogens (tertiary/aromatic N) is 1. The maximum Gasteiger partial charge on any atom is 0.434 e. The van der Waals surface area contributed by atoms with Crippen LogP contribution >= 0.6 is 11.3 Å². The van der Waals surface area contributed by atoms with Gasteiger partial charge in [-0.05, 0) is 31.7 Å². The molecule has 0 bridgehead atoms. The largest absolute Gasteiger partial charge is 0.496 e. The zero-order valence-electron chi connectivity index (χ0n) is 11.8. The minimum Gasteiger partial charge on any atom is -0.496 e. The molecule has 3 nitrogen and oxygen atoms in total. The van der Waals surface area contributed by atoms with Gasteiger partial charge in [0.05, 0.1) is 17.6 Å². The summed E-state index contributed by atoms with van der Waals surface area (Å²) in [5.41, 5.74) is 0.707. The van der Waals surface area contributed by atoms with E-state index in [0.29, 0.717) is 16.3 Å². The summed E-state index contributed by atoms with van der Waals surface area (Å²) in [6, 6.07) is 5.34. The molecular formula is C14H15F3N2OS. The van der Waals surface area contributed by atoms with E-state index in [4.69, 9.17) is 4.74 Å². The Labute approximate surface area is 124 Å². The fraction of sp³-hybridized carbons (Fsp3) is 0.357. The van der Waals surface area contributed by atoms with Gasteiger partial charge in [-0.1, -0.05) is 6.07 Å². The van der Waals surface area contributed by atoms with Gasteiger partial charge in [0.15, 0.2) is 5.69 Å². The number of hydrogen-bond donors (Lipinski definition) is 1. The van der Waals surface area contributed by atoms with Crippen molar-refractivity contribution in [1.29, 1.82) is 0 Å². The topological polar surface area (TPSA) is 34.1 Å². The van der Waals surface area contributed by atoms with Crippen LogP contribution in [-0.4, -0.2) is 19.1 Å². The van der Waals surface area contributed by atoms with Crippen LogP contribution in [0.25, 0.3) is 10.6 Å². The predicted molar refractivity (Wildman–Crippen MR) is 76.6 cm³/mol. The fourth-order valence-corrected chi connectivity index (χ4v) is 3.07. The van der Waals surface area contributed by atoms with Gasteiger partial charge in [0.25, 0.3) is 0 Å². The Balaban J connectivity index is 2.55. The van der Waals surface area contributed by atoms with E-state index < -0.39 is 11.9 Å². The number of alkyl halides is 3. The number of thiazole rings is 1. The molecule has 0 aliphatic rings. The molecule has 0 fully saturated rings. The van der Waals surface area contributed by atoms with Crippen molar-refractivity contribution in [2.45, 2.75) is 19.6 Å². The molecule has 2 rings (SSSR count). The van der Waals surface area contributed by atoms with Gasteiger partial charge in [-0.2, -0.15) is 13.2 Å². The normalized spacial score (nSPS) is 11.7. The van der Waals surface area contributed by atoms with Crippen molar-refractivity contribution >= 4 is 11.3 Å². The first-order valence-electron chi connectivity index (χ1n) is 6.23. The highest BCUT2D eigenvalue weighted by atomic mass is 32.1. The van der Waals surface area contributed by atoms with Crippen LogP contribution in [0.2, 0.25) is 0 Å². The van der Waals surface area contributed by atoms with Gasteiger partial charge in [-0.25, -0.2) is 4.98 Å². The molecule has 0 aliphatic heterocycles. The number of methoxy groups -OCH3 is 1. The van der Waals surface area contributed by atoms with Crippen molar-refractivity contribution in [3.8, 4) is 16.3 Å². The van der Waals surface area contributed by atoms with Gasteiger partial charge in [0, 0.05) is 6.54 Å². The van der Waals surface area contributed by atoms with Crippen molar-refractivity contribution in [2.75, 3.05) is 14.2 Å². The summed E-state index contributed by atoms with van der Waals surface area (Å²) in [6.07, 6.45) is -4.46. The third-order valence-corrected chi connectivity index (χ3v) is 3.98. The molecular weight excluding hydrogens is 301 g/mol. The molecule has 0 saturated carbocycles. The minimum absolute atomic E-state index is 0.126. The van der Waals surface area contributed by atoms with Crippen LogP contribution in [0.4, 0.5) is 13.2 Å². The summed E-state index contributed by atoms with van der Waals surface area (Å²) in [5, 5.41) is 3.05. The lowest BCUT2D eigenvalue weighted by Crippen LogP contribution is -2.12. The third kappa shape index (κ3) is 3.36. The molecule has 7 heteroatoms. The van der Waals surface area contributed by atoms with Gasteiger partial charge in [0.2, 0.25) is 0 Å². The molecule has 0 amide bonds. The van der Waals surface area contributed by atoms with Gasteiger partial charge >= 0.3 is 6.18 Å². The van der Waals surface area contributed by atoms with E-state index in [1.165, 1.54) is 7.11 Å². The van der Waals surface area contributed by atoms with Crippen LogP contribution in [0.3, 0.4) is 0 Å². The lowest BCUT2D eigenvalue weighted by atomic mass is 10.1. The number of ether oxygens (including phenoxy) is 1. The standard InChI is InChI=1S/C14H15F3N2OS/c1-8-4-5-9(10(6-8)20-3)13-19-12(14(15,16)17)11(21-13)7-18-2/h4-6,18H,7H2,1-3H3. The summed E-state index contributed by atoms with van der Waals surface area (Å²) >= 11 is 1.03. The van der Waals surface area contributed by atoms with E-state index in [1.54, 1.807) is 19.2 Å². The molecule has 114 valence electrons. The first kappa shape index (κ1) is 15.8. The van der Waals surface area contributed by atoms with Crippen LogP contribution in [0, 0.1) is 6.92 Å². The van der Waals surface area contributed by atoms with Gasteiger partial charge in [-0.15, -0.1) is 11.3 Å². The molecule has 21 heavy (non-hydrogen) atoms. The molecule has 1 aromatic carbocycles. The number of nitrogens with one attached hydrogen (secondary N) is 1. The van der Waals surface area contributed by atoms with E-state index in [9.17, 15) is 13.2 Å². The van der Waals surface area contributed by atoms with Crippen molar-refractivity contribution in [3.63, 3.8) is 0 Å². The van der Waals surface area contributed by atoms with Crippen LogP contribution in [0.5, 0.6) is 5.75 Å². The molecule has 0 saturated heterocycles. The molecule has 0 atom stereocenters. The highest BCUT2D eigenvalue weighted by Gasteiger charge is 2.37. The monoisotopic (exact) mass is 316 g/mol. The van der Waals surface area contributed by atoms with Crippen LogP contribution < -0.4 is 10.1 Å². The number of halogens is 3. The zero-order valence-corrected chi connectivity index (χ0v) is 12.7. The number of rotatable bonds is 4. The van der Waals surface area contributed by atoms with Crippen molar-refractivity contribution in [1.82, 2.24) is 10.3 Å². The quantitative estimate of drug-likeness (QED) is 0.930. The number of aromatic nitrogens is 1. The highest BCUT2D eigenvalue weighted by Crippen LogP contribution is 2.40. The van der Waals surface area contributed by atoms with Gasteiger partial charge in [0.1, 0.15) is 10.8 Å². The molecule has 0 aliphatic carbocycles. The van der Waals surface area contributed by atoms with E-state index in [2.05, 4.69) is 10.3 Å². The summed E-state index contributed by atoms with van der Waals surface area (Å²) < 4.78 is 44.3. The molecule has 0 unspecified atom stereocenters. The SMILES string of the molecule is CNCc1sc(-c2ccc(C)cc2OC)nc1C(F)(F)F. The number of aryl methyl sites for hydroxylation is 1. The molecule has 0 radical (unpaired) electrons. The second-order valence-corrected chi connectivity index (χ2v) is 5.61. The first-order valence-corrected chi connectivity index (χ1v) is 7.05. The summed E-state index contributed by atoms with van der Waals surface area (Å²) in [4.78, 5) is 3.95. The second kappa shape index (κ2) is 6.03. The van der Waals surface area contributed by atoms with Gasteiger partial charge < -0.3 is 10.1 Å². The molecule has 0 spiro atoms. The number of benzene rings is 1. The van der Waals surface area contributed by atoms with E-state index in [1.807, 2.05) is 13.0 Å². The van der Waals surface area contributed by atoms with Crippen molar-refractivity contribution < 1.29 is 17.9 Å². The third-order valence-electron chi connectivity index (χ3n) is 2.89. The summed E-state index contributed by atoms with van der Waals surface area (Å²) in [5.74, 6) is 0.522. The molecule has 2 aromatic rings. The average Bonchev–Trinajstić information content (AvgIpc) is 2.83. The zero-order chi connectivity index (χ0) is 15.6. The Morgan fingerprint density at radius 3 is 2.62 bits per heavy atom. The van der Waals surface area contributed by atoms with Crippen LogP contribution in [0.15, 0.2) is 18.2 Å². The Morgan fingerprint density at radius 2 is 2.05 bits per heavy atom. The summed E-state index contributed by atoms with van der Waals surface area (Å²) in [7, 11) is 3.09. The van der Waals surface area contributed by atoms with Crippen LogP contribution in [-0.2, 0) is 12.7 Å². The Bertz CT molecular complexity index is 638. The van der Waals surface area contributed by atoms with Gasteiger partial charge in [-0.3, -0.25) is 0 Å². The lowest BCUT2D eigenvalue weighted by molar-refractivity contribution is -0.141. The van der Waals surface area contributed by atoms with Crippen LogP contribution in [0.1, 0.15) is 16.1 Å². The number of hydrogen-bond acceptors (Lipinski definition) is 4. The van der Waals surface area contributed by atoms with E-state index in [0.717, 1.165) is 16.9 Å². The lowest BCUT2D eigenvalue weighted by Gasteiger charge is -2.07. The Morgan fingerprint density at radius 1 is 1.33 bits per heavy atom. The molecule has 1 aromatic heterocycles. The van der Waals surface area contributed by atoms with E-state index >= 15 is 0 Å². The fourth-order valence-electron chi connectivity index (χ4n) is 1.94. The Kier molecular flexibility index (Phi) is 4.53. The predicted octanol–water partition coefficient (Wildman–Crippen LogP) is 3.87.